The van der Waals surface area contributed by atoms with E-state index in [2.05, 4.69) is 20.8 Å². The van der Waals surface area contributed by atoms with E-state index in [4.69, 9.17) is 20.9 Å². The van der Waals surface area contributed by atoms with Gasteiger partial charge in [-0.05, 0) is 30.3 Å². The van der Waals surface area contributed by atoms with Gasteiger partial charge in [-0.2, -0.15) is 4.98 Å². The first kappa shape index (κ1) is 16.8. The second-order valence-corrected chi connectivity index (χ2v) is 5.55. The number of carbonyl (C=O) groups excluding carboxylic acids is 1. The summed E-state index contributed by atoms with van der Waals surface area (Å²) in [5, 5.41) is 9.72. The summed E-state index contributed by atoms with van der Waals surface area (Å²) in [7, 11) is 1.53. The van der Waals surface area contributed by atoms with Crippen LogP contribution in [0.2, 0.25) is 5.02 Å². The zero-order valence-corrected chi connectivity index (χ0v) is 14.3. The summed E-state index contributed by atoms with van der Waals surface area (Å²) in [5.74, 6) is 1.47. The molecule has 25 heavy (non-hydrogen) atoms. The SMILES string of the molecule is COc1ccc(NC(=O)Nc2cccc(-c3noc(C)n3)c2)cc1Cl. The first-order chi connectivity index (χ1) is 12.0. The standard InChI is InChI=1S/C17H15ClN4O3/c1-10-19-16(22-25-10)11-4-3-5-12(8-11)20-17(23)21-13-6-7-15(24-2)14(18)9-13/h3-9H,1-2H3,(H2,20,21,23). The Labute approximate surface area is 149 Å². The largest absolute Gasteiger partial charge is 0.495 e. The number of nitrogens with zero attached hydrogens (tertiary/aromatic N) is 2. The van der Waals surface area contributed by atoms with Crippen molar-refractivity contribution in [2.75, 3.05) is 17.7 Å². The predicted octanol–water partition coefficient (Wildman–Crippen LogP) is 4.35. The summed E-state index contributed by atoms with van der Waals surface area (Å²) < 4.78 is 10.0. The molecule has 3 rings (SSSR count). The smallest absolute Gasteiger partial charge is 0.323 e. The third-order valence-corrected chi connectivity index (χ3v) is 3.61. The molecule has 0 aliphatic rings. The number of aromatic nitrogens is 2. The van der Waals surface area contributed by atoms with E-state index in [1.165, 1.54) is 7.11 Å². The Morgan fingerprint density at radius 2 is 1.92 bits per heavy atom. The molecule has 0 fully saturated rings. The highest BCUT2D eigenvalue weighted by atomic mass is 35.5. The van der Waals surface area contributed by atoms with Gasteiger partial charge >= 0.3 is 6.03 Å². The highest BCUT2D eigenvalue weighted by Gasteiger charge is 2.09. The predicted molar refractivity (Wildman–Crippen MR) is 95.1 cm³/mol. The van der Waals surface area contributed by atoms with Crippen molar-refractivity contribution in [1.29, 1.82) is 0 Å². The van der Waals surface area contributed by atoms with Gasteiger partial charge < -0.3 is 19.9 Å². The Morgan fingerprint density at radius 1 is 1.16 bits per heavy atom. The molecule has 7 nitrogen and oxygen atoms in total. The van der Waals surface area contributed by atoms with Crippen LogP contribution in [0.5, 0.6) is 5.75 Å². The van der Waals surface area contributed by atoms with Crippen LogP contribution in [0.4, 0.5) is 16.2 Å². The van der Waals surface area contributed by atoms with Gasteiger partial charge in [0.15, 0.2) is 0 Å². The fourth-order valence-corrected chi connectivity index (χ4v) is 2.45. The Bertz CT molecular complexity index is 910. The van der Waals surface area contributed by atoms with Crippen molar-refractivity contribution in [3.05, 3.63) is 53.4 Å². The summed E-state index contributed by atoms with van der Waals surface area (Å²) in [4.78, 5) is 16.3. The number of urea groups is 1. The molecule has 0 aliphatic carbocycles. The van der Waals surface area contributed by atoms with Gasteiger partial charge in [0.1, 0.15) is 5.75 Å². The van der Waals surface area contributed by atoms with Crippen LogP contribution >= 0.6 is 11.6 Å². The second-order valence-electron chi connectivity index (χ2n) is 5.15. The number of nitrogens with one attached hydrogen (secondary N) is 2. The Kier molecular flexibility index (Phi) is 4.85. The molecule has 0 atom stereocenters. The number of hydrogen-bond donors (Lipinski definition) is 2. The number of carbonyl (C=O) groups is 1. The van der Waals surface area contributed by atoms with Crippen LogP contribution in [0.15, 0.2) is 47.0 Å². The third-order valence-electron chi connectivity index (χ3n) is 3.32. The highest BCUT2D eigenvalue weighted by molar-refractivity contribution is 6.32. The first-order valence-corrected chi connectivity index (χ1v) is 7.75. The molecule has 0 unspecified atom stereocenters. The van der Waals surface area contributed by atoms with Gasteiger partial charge in [0.2, 0.25) is 11.7 Å². The molecule has 2 N–H and O–H groups in total. The normalized spacial score (nSPS) is 10.4. The fraction of sp³-hybridized carbons (Fsp3) is 0.118. The van der Waals surface area contributed by atoms with Crippen molar-refractivity contribution in [2.24, 2.45) is 0 Å². The zero-order chi connectivity index (χ0) is 17.8. The quantitative estimate of drug-likeness (QED) is 0.723. The minimum Gasteiger partial charge on any atom is -0.495 e. The molecule has 1 heterocycles. The number of ether oxygens (including phenoxy) is 1. The van der Waals surface area contributed by atoms with E-state index in [-0.39, 0.29) is 0 Å². The van der Waals surface area contributed by atoms with Gasteiger partial charge in [-0.15, -0.1) is 0 Å². The minimum absolute atomic E-state index is 0.400. The average Bonchev–Trinajstić information content (AvgIpc) is 3.02. The van der Waals surface area contributed by atoms with Crippen LogP contribution in [0.25, 0.3) is 11.4 Å². The van der Waals surface area contributed by atoms with Gasteiger partial charge in [0.05, 0.1) is 12.1 Å². The maximum Gasteiger partial charge on any atom is 0.323 e. The van der Waals surface area contributed by atoms with Crippen molar-refractivity contribution in [3.8, 4) is 17.1 Å². The van der Waals surface area contributed by atoms with Crippen LogP contribution in [0, 0.1) is 6.92 Å². The topological polar surface area (TPSA) is 89.3 Å². The van der Waals surface area contributed by atoms with E-state index in [0.29, 0.717) is 33.9 Å². The lowest BCUT2D eigenvalue weighted by Crippen LogP contribution is -2.19. The van der Waals surface area contributed by atoms with Gasteiger partial charge in [0.25, 0.3) is 0 Å². The molecule has 3 aromatic rings. The number of aryl methyl sites for hydroxylation is 1. The van der Waals surface area contributed by atoms with Crippen LogP contribution in [-0.4, -0.2) is 23.3 Å². The number of rotatable bonds is 4. The average molecular weight is 359 g/mol. The van der Waals surface area contributed by atoms with Gasteiger partial charge in [-0.25, -0.2) is 4.79 Å². The van der Waals surface area contributed by atoms with Gasteiger partial charge in [0, 0.05) is 23.9 Å². The molecule has 0 spiro atoms. The molecule has 0 saturated heterocycles. The van der Waals surface area contributed by atoms with E-state index in [1.54, 1.807) is 43.3 Å². The zero-order valence-electron chi connectivity index (χ0n) is 13.5. The monoisotopic (exact) mass is 358 g/mol. The molecule has 0 aliphatic heterocycles. The lowest BCUT2D eigenvalue weighted by molar-refractivity contribution is 0.262. The molecule has 0 radical (unpaired) electrons. The number of hydrogen-bond acceptors (Lipinski definition) is 5. The minimum atomic E-state index is -0.400. The lowest BCUT2D eigenvalue weighted by atomic mass is 10.2. The molecular formula is C17H15ClN4O3. The number of amides is 2. The fourth-order valence-electron chi connectivity index (χ4n) is 2.19. The Hall–Kier alpha value is -3.06. The summed E-state index contributed by atoms with van der Waals surface area (Å²) in [6.07, 6.45) is 0. The van der Waals surface area contributed by atoms with Gasteiger partial charge in [-0.3, -0.25) is 0 Å². The van der Waals surface area contributed by atoms with Crippen molar-refractivity contribution in [1.82, 2.24) is 10.1 Å². The molecule has 0 bridgehead atoms. The van der Waals surface area contributed by atoms with E-state index in [9.17, 15) is 4.79 Å². The highest BCUT2D eigenvalue weighted by Crippen LogP contribution is 2.27. The molecular weight excluding hydrogens is 344 g/mol. The number of methoxy groups -OCH3 is 1. The maximum atomic E-state index is 12.2. The first-order valence-electron chi connectivity index (χ1n) is 7.37. The van der Waals surface area contributed by atoms with Crippen LogP contribution < -0.4 is 15.4 Å². The molecule has 8 heteroatoms. The maximum absolute atomic E-state index is 12.2. The van der Waals surface area contributed by atoms with Crippen molar-refractivity contribution in [2.45, 2.75) is 6.92 Å². The third kappa shape index (κ3) is 4.07. The van der Waals surface area contributed by atoms with Crippen molar-refractivity contribution >= 4 is 29.0 Å². The van der Waals surface area contributed by atoms with E-state index in [0.717, 1.165) is 5.56 Å². The molecule has 2 aromatic carbocycles. The Morgan fingerprint density at radius 3 is 2.56 bits per heavy atom. The number of anilines is 2. The Balaban J connectivity index is 1.70. The van der Waals surface area contributed by atoms with Crippen LogP contribution in [0.3, 0.4) is 0 Å². The van der Waals surface area contributed by atoms with Crippen LogP contribution in [-0.2, 0) is 0 Å². The molecule has 128 valence electrons. The van der Waals surface area contributed by atoms with Crippen molar-refractivity contribution < 1.29 is 14.1 Å². The summed E-state index contributed by atoms with van der Waals surface area (Å²) in [5.41, 5.74) is 1.88. The molecule has 0 saturated carbocycles. The summed E-state index contributed by atoms with van der Waals surface area (Å²) in [6.45, 7) is 1.71. The number of benzene rings is 2. The van der Waals surface area contributed by atoms with Crippen LogP contribution in [0.1, 0.15) is 5.89 Å². The summed E-state index contributed by atoms with van der Waals surface area (Å²) >= 11 is 6.04. The molecule has 2 amide bonds. The summed E-state index contributed by atoms with van der Waals surface area (Å²) in [6, 6.07) is 11.7. The van der Waals surface area contributed by atoms with E-state index >= 15 is 0 Å². The van der Waals surface area contributed by atoms with E-state index < -0.39 is 6.03 Å². The van der Waals surface area contributed by atoms with E-state index in [1.807, 2.05) is 6.07 Å². The molecule has 1 aromatic heterocycles. The van der Waals surface area contributed by atoms with Gasteiger partial charge in [-0.1, -0.05) is 28.9 Å². The second kappa shape index (κ2) is 7.23. The van der Waals surface area contributed by atoms with Crippen molar-refractivity contribution in [3.63, 3.8) is 0 Å². The lowest BCUT2D eigenvalue weighted by Gasteiger charge is -2.10. The number of halogens is 1.